The van der Waals surface area contributed by atoms with E-state index in [4.69, 9.17) is 0 Å². The number of hydrogen-bond acceptors (Lipinski definition) is 3. The van der Waals surface area contributed by atoms with Crippen LogP contribution in [-0.4, -0.2) is 24.1 Å². The average Bonchev–Trinajstić information content (AvgIpc) is 2.60. The number of halogens is 4. The summed E-state index contributed by atoms with van der Waals surface area (Å²) in [5.74, 6) is -5.58. The molecule has 132 valence electrons. The molecular formula is C16H12BrF3N2O2S. The standard InChI is InChI=1S/C16H12BrF3N2O2S/c17-9-1-3-10(4-2-9)25-8-14(24)21-7-13(23)22-12-6-5-11(18)15(19)16(12)20/h1-6H,7-8H2,(H,21,24)(H,22,23). The Morgan fingerprint density at radius 1 is 0.960 bits per heavy atom. The van der Waals surface area contributed by atoms with Crippen molar-refractivity contribution in [3.63, 3.8) is 0 Å². The van der Waals surface area contributed by atoms with E-state index in [-0.39, 0.29) is 5.75 Å². The molecule has 0 aliphatic heterocycles. The van der Waals surface area contributed by atoms with Gasteiger partial charge in [0, 0.05) is 9.37 Å². The zero-order valence-corrected chi connectivity index (χ0v) is 15.0. The van der Waals surface area contributed by atoms with E-state index >= 15 is 0 Å². The summed E-state index contributed by atoms with van der Waals surface area (Å²) in [5.41, 5.74) is -0.498. The van der Waals surface area contributed by atoms with Crippen molar-refractivity contribution in [2.45, 2.75) is 4.90 Å². The Labute approximate surface area is 154 Å². The van der Waals surface area contributed by atoms with Crippen molar-refractivity contribution >= 4 is 45.2 Å². The van der Waals surface area contributed by atoms with E-state index in [1.165, 1.54) is 11.8 Å². The van der Waals surface area contributed by atoms with Gasteiger partial charge in [-0.15, -0.1) is 11.8 Å². The van der Waals surface area contributed by atoms with Gasteiger partial charge in [-0.3, -0.25) is 9.59 Å². The van der Waals surface area contributed by atoms with Crippen LogP contribution in [0.15, 0.2) is 45.8 Å². The number of thioether (sulfide) groups is 1. The Balaban J connectivity index is 1.78. The third-order valence-corrected chi connectivity index (χ3v) is 4.48. The Morgan fingerprint density at radius 3 is 2.32 bits per heavy atom. The summed E-state index contributed by atoms with van der Waals surface area (Å²) in [6.07, 6.45) is 0. The lowest BCUT2D eigenvalue weighted by Gasteiger charge is -2.08. The SMILES string of the molecule is O=C(CSc1ccc(Br)cc1)NCC(=O)Nc1ccc(F)c(F)c1F. The molecule has 0 saturated heterocycles. The zero-order chi connectivity index (χ0) is 18.4. The molecule has 0 heterocycles. The molecule has 0 aliphatic rings. The largest absolute Gasteiger partial charge is 0.346 e. The Kier molecular flexibility index (Phi) is 6.89. The fraction of sp³-hybridized carbons (Fsp3) is 0.125. The van der Waals surface area contributed by atoms with Crippen molar-refractivity contribution in [1.29, 1.82) is 0 Å². The maximum atomic E-state index is 13.4. The normalized spacial score (nSPS) is 10.4. The number of nitrogens with one attached hydrogen (secondary N) is 2. The lowest BCUT2D eigenvalue weighted by atomic mass is 10.2. The zero-order valence-electron chi connectivity index (χ0n) is 12.6. The molecule has 0 aliphatic carbocycles. The highest BCUT2D eigenvalue weighted by Gasteiger charge is 2.15. The lowest BCUT2D eigenvalue weighted by Crippen LogP contribution is -2.34. The first-order valence-electron chi connectivity index (χ1n) is 6.95. The molecule has 0 bridgehead atoms. The van der Waals surface area contributed by atoms with Crippen LogP contribution in [0.25, 0.3) is 0 Å². The molecule has 0 unspecified atom stereocenters. The van der Waals surface area contributed by atoms with Crippen LogP contribution in [-0.2, 0) is 9.59 Å². The van der Waals surface area contributed by atoms with Crippen molar-refractivity contribution in [2.75, 3.05) is 17.6 Å². The monoisotopic (exact) mass is 432 g/mol. The summed E-state index contributed by atoms with van der Waals surface area (Å²) in [7, 11) is 0. The molecule has 0 aromatic heterocycles. The number of benzene rings is 2. The molecule has 25 heavy (non-hydrogen) atoms. The molecule has 0 fully saturated rings. The molecule has 9 heteroatoms. The van der Waals surface area contributed by atoms with Gasteiger partial charge in [0.1, 0.15) is 0 Å². The Hall–Kier alpha value is -2.00. The summed E-state index contributed by atoms with van der Waals surface area (Å²) < 4.78 is 40.2. The lowest BCUT2D eigenvalue weighted by molar-refractivity contribution is -0.122. The number of amides is 2. The average molecular weight is 433 g/mol. The van der Waals surface area contributed by atoms with E-state index in [1.54, 1.807) is 0 Å². The van der Waals surface area contributed by atoms with E-state index < -0.39 is 41.5 Å². The van der Waals surface area contributed by atoms with Crippen molar-refractivity contribution in [3.8, 4) is 0 Å². The summed E-state index contributed by atoms with van der Waals surface area (Å²) >= 11 is 4.59. The first-order chi connectivity index (χ1) is 11.9. The molecule has 0 saturated carbocycles. The molecule has 2 aromatic carbocycles. The van der Waals surface area contributed by atoms with Gasteiger partial charge in [-0.05, 0) is 36.4 Å². The molecule has 4 nitrogen and oxygen atoms in total. The molecule has 0 radical (unpaired) electrons. The van der Waals surface area contributed by atoms with Crippen molar-refractivity contribution in [1.82, 2.24) is 5.32 Å². The summed E-state index contributed by atoms with van der Waals surface area (Å²) in [6, 6.07) is 8.94. The van der Waals surface area contributed by atoms with Gasteiger partial charge in [-0.1, -0.05) is 15.9 Å². The number of rotatable bonds is 6. The van der Waals surface area contributed by atoms with Crippen molar-refractivity contribution in [3.05, 3.63) is 58.3 Å². The van der Waals surface area contributed by atoms with E-state index in [9.17, 15) is 22.8 Å². The highest BCUT2D eigenvalue weighted by atomic mass is 79.9. The second kappa shape index (κ2) is 8.91. The summed E-state index contributed by atoms with van der Waals surface area (Å²) in [4.78, 5) is 24.2. The highest BCUT2D eigenvalue weighted by Crippen LogP contribution is 2.20. The number of anilines is 1. The Bertz CT molecular complexity index is 788. The number of carbonyl (C=O) groups excluding carboxylic acids is 2. The van der Waals surface area contributed by atoms with Crippen LogP contribution in [0.5, 0.6) is 0 Å². The molecule has 2 amide bonds. The van der Waals surface area contributed by atoms with Crippen LogP contribution in [0, 0.1) is 17.5 Å². The van der Waals surface area contributed by atoms with Crippen molar-refractivity contribution in [2.24, 2.45) is 0 Å². The van der Waals surface area contributed by atoms with Gasteiger partial charge in [0.15, 0.2) is 17.5 Å². The van der Waals surface area contributed by atoms with E-state index in [0.29, 0.717) is 6.07 Å². The van der Waals surface area contributed by atoms with Gasteiger partial charge in [-0.25, -0.2) is 13.2 Å². The first kappa shape index (κ1) is 19.3. The third kappa shape index (κ3) is 5.79. The number of carbonyl (C=O) groups is 2. The quantitative estimate of drug-likeness (QED) is 0.540. The van der Waals surface area contributed by atoms with Crippen molar-refractivity contribution < 1.29 is 22.8 Å². The minimum atomic E-state index is -1.67. The van der Waals surface area contributed by atoms with Crippen LogP contribution < -0.4 is 10.6 Å². The van der Waals surface area contributed by atoms with E-state index in [2.05, 4.69) is 26.6 Å². The second-order valence-corrected chi connectivity index (χ2v) is 6.75. The summed E-state index contributed by atoms with van der Waals surface area (Å²) in [5, 5.41) is 4.42. The molecule has 2 aromatic rings. The third-order valence-electron chi connectivity index (χ3n) is 2.94. The van der Waals surface area contributed by atoms with Gasteiger partial charge in [0.25, 0.3) is 0 Å². The number of hydrogen-bond donors (Lipinski definition) is 2. The molecular weight excluding hydrogens is 421 g/mol. The van der Waals surface area contributed by atoms with Crippen LogP contribution in [0.1, 0.15) is 0 Å². The fourth-order valence-electron chi connectivity index (χ4n) is 1.73. The van der Waals surface area contributed by atoms with Gasteiger partial charge in [0.2, 0.25) is 11.8 Å². The maximum absolute atomic E-state index is 13.4. The van der Waals surface area contributed by atoms with Crippen LogP contribution >= 0.6 is 27.7 Å². The molecule has 0 spiro atoms. The van der Waals surface area contributed by atoms with Crippen LogP contribution in [0.3, 0.4) is 0 Å². The molecule has 2 N–H and O–H groups in total. The van der Waals surface area contributed by atoms with Gasteiger partial charge in [-0.2, -0.15) is 0 Å². The van der Waals surface area contributed by atoms with Gasteiger partial charge >= 0.3 is 0 Å². The second-order valence-electron chi connectivity index (χ2n) is 4.79. The highest BCUT2D eigenvalue weighted by molar-refractivity contribution is 9.10. The predicted molar refractivity (Wildman–Crippen MR) is 92.8 cm³/mol. The predicted octanol–water partition coefficient (Wildman–Crippen LogP) is 3.71. The smallest absolute Gasteiger partial charge is 0.243 e. The molecule has 0 atom stereocenters. The van der Waals surface area contributed by atoms with Crippen LogP contribution in [0.4, 0.5) is 18.9 Å². The topological polar surface area (TPSA) is 58.2 Å². The molecule has 2 rings (SSSR count). The minimum Gasteiger partial charge on any atom is -0.346 e. The van der Waals surface area contributed by atoms with Crippen LogP contribution in [0.2, 0.25) is 0 Å². The maximum Gasteiger partial charge on any atom is 0.243 e. The van der Waals surface area contributed by atoms with E-state index in [1.807, 2.05) is 24.3 Å². The first-order valence-corrected chi connectivity index (χ1v) is 8.73. The van der Waals surface area contributed by atoms with E-state index in [0.717, 1.165) is 15.4 Å². The van der Waals surface area contributed by atoms with Gasteiger partial charge < -0.3 is 10.6 Å². The minimum absolute atomic E-state index is 0.0917. The summed E-state index contributed by atoms with van der Waals surface area (Å²) in [6.45, 7) is -0.418. The fourth-order valence-corrected chi connectivity index (χ4v) is 2.72. The Morgan fingerprint density at radius 2 is 1.64 bits per heavy atom. The van der Waals surface area contributed by atoms with Gasteiger partial charge in [0.05, 0.1) is 18.0 Å².